The maximum absolute atomic E-state index is 5.93. The van der Waals surface area contributed by atoms with Crippen molar-refractivity contribution in [3.05, 3.63) is 29.8 Å². The normalized spacial score (nSPS) is 18.5. The number of rotatable bonds is 6. The van der Waals surface area contributed by atoms with Gasteiger partial charge in [0.1, 0.15) is 5.75 Å². The average Bonchev–Trinajstić information content (AvgIpc) is 2.82. The number of benzene rings is 1. The Balaban J connectivity index is 2.11. The standard InChI is InChI=1S/C16H26N2O/c1-4-9-18(16(2,3)12-17)10-13-11-19-15-8-6-5-7-14(13)15/h5-8,13H,4,9-12,17H2,1-3H3. The van der Waals surface area contributed by atoms with Crippen LogP contribution in [0.15, 0.2) is 24.3 Å². The summed E-state index contributed by atoms with van der Waals surface area (Å²) >= 11 is 0. The maximum atomic E-state index is 5.93. The van der Waals surface area contributed by atoms with Crippen LogP contribution in [-0.4, -0.2) is 36.7 Å². The first-order valence-electron chi connectivity index (χ1n) is 7.25. The van der Waals surface area contributed by atoms with Crippen LogP contribution >= 0.6 is 0 Å². The smallest absolute Gasteiger partial charge is 0.122 e. The Kier molecular flexibility index (Phi) is 4.48. The van der Waals surface area contributed by atoms with E-state index in [1.54, 1.807) is 0 Å². The highest BCUT2D eigenvalue weighted by atomic mass is 16.5. The molecule has 0 saturated carbocycles. The van der Waals surface area contributed by atoms with Crippen molar-refractivity contribution in [1.82, 2.24) is 4.90 Å². The second-order valence-electron chi connectivity index (χ2n) is 6.01. The molecule has 1 unspecified atom stereocenters. The fraction of sp³-hybridized carbons (Fsp3) is 0.625. The van der Waals surface area contributed by atoms with Gasteiger partial charge in [0.05, 0.1) is 6.61 Å². The predicted octanol–water partition coefficient (Wildman–Crippen LogP) is 2.61. The quantitative estimate of drug-likeness (QED) is 0.856. The van der Waals surface area contributed by atoms with Gasteiger partial charge in [-0.3, -0.25) is 4.90 Å². The van der Waals surface area contributed by atoms with Gasteiger partial charge in [-0.1, -0.05) is 25.1 Å². The van der Waals surface area contributed by atoms with E-state index in [1.165, 1.54) is 5.56 Å². The molecule has 0 saturated heterocycles. The summed E-state index contributed by atoms with van der Waals surface area (Å²) in [6.45, 7) is 10.3. The molecule has 2 rings (SSSR count). The van der Waals surface area contributed by atoms with Gasteiger partial charge in [-0.25, -0.2) is 0 Å². The molecule has 0 aliphatic carbocycles. The number of ether oxygens (including phenoxy) is 1. The number of hydrogen-bond donors (Lipinski definition) is 1. The summed E-state index contributed by atoms with van der Waals surface area (Å²) in [4.78, 5) is 2.50. The number of fused-ring (bicyclic) bond motifs is 1. The van der Waals surface area contributed by atoms with Crippen LogP contribution in [0.4, 0.5) is 0 Å². The van der Waals surface area contributed by atoms with E-state index in [2.05, 4.69) is 43.9 Å². The van der Waals surface area contributed by atoms with E-state index in [9.17, 15) is 0 Å². The van der Waals surface area contributed by atoms with Crippen molar-refractivity contribution in [3.63, 3.8) is 0 Å². The highest BCUT2D eigenvalue weighted by molar-refractivity contribution is 5.39. The van der Waals surface area contributed by atoms with Crippen LogP contribution in [0.3, 0.4) is 0 Å². The average molecular weight is 262 g/mol. The molecule has 1 aromatic carbocycles. The predicted molar refractivity (Wildman–Crippen MR) is 79.7 cm³/mol. The molecule has 0 amide bonds. The van der Waals surface area contributed by atoms with E-state index in [-0.39, 0.29) is 5.54 Å². The Morgan fingerprint density at radius 2 is 2.11 bits per heavy atom. The zero-order valence-electron chi connectivity index (χ0n) is 12.4. The minimum atomic E-state index is 0.0492. The summed E-state index contributed by atoms with van der Waals surface area (Å²) in [6.07, 6.45) is 1.15. The summed E-state index contributed by atoms with van der Waals surface area (Å²) in [6, 6.07) is 8.38. The monoisotopic (exact) mass is 262 g/mol. The van der Waals surface area contributed by atoms with Crippen LogP contribution in [-0.2, 0) is 0 Å². The van der Waals surface area contributed by atoms with E-state index >= 15 is 0 Å². The molecule has 3 heteroatoms. The lowest BCUT2D eigenvalue weighted by Gasteiger charge is -2.39. The molecule has 0 radical (unpaired) electrons. The van der Waals surface area contributed by atoms with E-state index in [0.29, 0.717) is 12.5 Å². The molecule has 19 heavy (non-hydrogen) atoms. The fourth-order valence-electron chi connectivity index (χ4n) is 2.69. The maximum Gasteiger partial charge on any atom is 0.122 e. The van der Waals surface area contributed by atoms with Crippen LogP contribution in [0.1, 0.15) is 38.7 Å². The Morgan fingerprint density at radius 1 is 1.37 bits per heavy atom. The summed E-state index contributed by atoms with van der Waals surface area (Å²) in [5.74, 6) is 1.52. The molecule has 1 aliphatic rings. The Morgan fingerprint density at radius 3 is 2.79 bits per heavy atom. The highest BCUT2D eigenvalue weighted by Crippen LogP contribution is 2.34. The van der Waals surface area contributed by atoms with Crippen LogP contribution in [0.2, 0.25) is 0 Å². The van der Waals surface area contributed by atoms with Crippen molar-refractivity contribution in [2.75, 3.05) is 26.2 Å². The molecular weight excluding hydrogens is 236 g/mol. The Bertz CT molecular complexity index is 417. The van der Waals surface area contributed by atoms with Gasteiger partial charge in [0.25, 0.3) is 0 Å². The van der Waals surface area contributed by atoms with Crippen molar-refractivity contribution in [2.45, 2.75) is 38.6 Å². The number of nitrogens with zero attached hydrogens (tertiary/aromatic N) is 1. The lowest BCUT2D eigenvalue weighted by Crippen LogP contribution is -2.51. The van der Waals surface area contributed by atoms with Crippen molar-refractivity contribution >= 4 is 0 Å². The molecule has 1 atom stereocenters. The van der Waals surface area contributed by atoms with Gasteiger partial charge in [-0.05, 0) is 32.9 Å². The van der Waals surface area contributed by atoms with Crippen molar-refractivity contribution in [2.24, 2.45) is 5.73 Å². The third kappa shape index (κ3) is 3.10. The van der Waals surface area contributed by atoms with Crippen LogP contribution < -0.4 is 10.5 Å². The zero-order chi connectivity index (χ0) is 13.9. The van der Waals surface area contributed by atoms with Crippen molar-refractivity contribution in [1.29, 1.82) is 0 Å². The molecule has 0 aromatic heterocycles. The third-order valence-corrected chi connectivity index (χ3v) is 4.09. The van der Waals surface area contributed by atoms with Gasteiger partial charge < -0.3 is 10.5 Å². The topological polar surface area (TPSA) is 38.5 Å². The molecule has 1 heterocycles. The lowest BCUT2D eigenvalue weighted by molar-refractivity contribution is 0.113. The minimum Gasteiger partial charge on any atom is -0.493 e. The van der Waals surface area contributed by atoms with Crippen molar-refractivity contribution in [3.8, 4) is 5.75 Å². The molecule has 0 spiro atoms. The van der Waals surface area contributed by atoms with Gasteiger partial charge >= 0.3 is 0 Å². The van der Waals surface area contributed by atoms with E-state index < -0.39 is 0 Å². The third-order valence-electron chi connectivity index (χ3n) is 4.09. The van der Waals surface area contributed by atoms with Gasteiger partial charge in [0.2, 0.25) is 0 Å². The van der Waals surface area contributed by atoms with E-state index in [4.69, 9.17) is 10.5 Å². The van der Waals surface area contributed by atoms with Crippen molar-refractivity contribution < 1.29 is 4.74 Å². The van der Waals surface area contributed by atoms with Gasteiger partial charge in [0.15, 0.2) is 0 Å². The minimum absolute atomic E-state index is 0.0492. The first-order valence-corrected chi connectivity index (χ1v) is 7.25. The van der Waals surface area contributed by atoms with Gasteiger partial charge in [-0.2, -0.15) is 0 Å². The number of para-hydroxylation sites is 1. The van der Waals surface area contributed by atoms with Crippen LogP contribution in [0.5, 0.6) is 5.75 Å². The fourth-order valence-corrected chi connectivity index (χ4v) is 2.69. The largest absolute Gasteiger partial charge is 0.493 e. The second kappa shape index (κ2) is 5.93. The molecule has 2 N–H and O–H groups in total. The molecule has 3 nitrogen and oxygen atoms in total. The molecular formula is C16H26N2O. The number of nitrogens with two attached hydrogens (primary N) is 1. The highest BCUT2D eigenvalue weighted by Gasteiger charge is 2.31. The lowest BCUT2D eigenvalue weighted by atomic mass is 9.96. The summed E-state index contributed by atoms with van der Waals surface area (Å²) in [5, 5.41) is 0. The van der Waals surface area contributed by atoms with E-state index in [1.807, 2.05) is 6.07 Å². The second-order valence-corrected chi connectivity index (χ2v) is 6.01. The Labute approximate surface area is 116 Å². The molecule has 106 valence electrons. The summed E-state index contributed by atoms with van der Waals surface area (Å²) in [7, 11) is 0. The summed E-state index contributed by atoms with van der Waals surface area (Å²) < 4.78 is 5.78. The first kappa shape index (κ1) is 14.4. The van der Waals surface area contributed by atoms with Gasteiger partial charge in [0, 0.05) is 30.1 Å². The summed E-state index contributed by atoms with van der Waals surface area (Å²) in [5.41, 5.74) is 7.33. The van der Waals surface area contributed by atoms with Crippen LogP contribution in [0, 0.1) is 0 Å². The Hall–Kier alpha value is -1.06. The molecule has 1 aliphatic heterocycles. The SMILES string of the molecule is CCCN(CC1COc2ccccc21)C(C)(C)CN. The first-order chi connectivity index (χ1) is 9.08. The van der Waals surface area contributed by atoms with E-state index in [0.717, 1.165) is 31.9 Å². The molecule has 1 aromatic rings. The van der Waals surface area contributed by atoms with Crippen LogP contribution in [0.25, 0.3) is 0 Å². The zero-order valence-corrected chi connectivity index (χ0v) is 12.4. The molecule has 0 bridgehead atoms. The number of hydrogen-bond acceptors (Lipinski definition) is 3. The van der Waals surface area contributed by atoms with Gasteiger partial charge in [-0.15, -0.1) is 0 Å². The molecule has 0 fully saturated rings.